The van der Waals surface area contributed by atoms with Gasteiger partial charge in [-0.15, -0.1) is 0 Å². The first-order chi connectivity index (χ1) is 8.97. The Bertz CT molecular complexity index is 617. The van der Waals surface area contributed by atoms with Gasteiger partial charge in [0.15, 0.2) is 0 Å². The van der Waals surface area contributed by atoms with E-state index in [-0.39, 0.29) is 5.91 Å². The lowest BCUT2D eigenvalue weighted by Gasteiger charge is -2.10. The van der Waals surface area contributed by atoms with Crippen molar-refractivity contribution < 1.29 is 4.79 Å². The number of hydrogen-bond donors (Lipinski definition) is 1. The molecule has 0 atom stereocenters. The topological polar surface area (TPSA) is 29.1 Å². The van der Waals surface area contributed by atoms with Gasteiger partial charge in [0, 0.05) is 19.8 Å². The van der Waals surface area contributed by atoms with E-state index in [1.165, 1.54) is 3.57 Å². The molecule has 2 nitrogen and oxygen atoms in total. The summed E-state index contributed by atoms with van der Waals surface area (Å²) in [4.78, 5) is 12.1. The second-order valence-corrected chi connectivity index (χ2v) is 5.90. The highest BCUT2D eigenvalue weighted by atomic mass is 127. The van der Waals surface area contributed by atoms with Crippen molar-refractivity contribution in [2.45, 2.75) is 13.8 Å². The van der Waals surface area contributed by atoms with Gasteiger partial charge in [-0.25, -0.2) is 0 Å². The number of rotatable bonds is 2. The van der Waals surface area contributed by atoms with Gasteiger partial charge in [0.25, 0.3) is 5.91 Å². The Morgan fingerprint density at radius 1 is 1.16 bits per heavy atom. The molecular formula is C15H13ClINO. The van der Waals surface area contributed by atoms with Gasteiger partial charge in [-0.3, -0.25) is 4.79 Å². The van der Waals surface area contributed by atoms with Crippen LogP contribution in [-0.2, 0) is 0 Å². The van der Waals surface area contributed by atoms with Gasteiger partial charge >= 0.3 is 0 Å². The maximum atomic E-state index is 12.1. The van der Waals surface area contributed by atoms with Crippen molar-refractivity contribution in [3.8, 4) is 0 Å². The van der Waals surface area contributed by atoms with Crippen LogP contribution in [0.25, 0.3) is 0 Å². The Kier molecular flexibility index (Phi) is 4.47. The maximum Gasteiger partial charge on any atom is 0.255 e. The Labute approximate surface area is 131 Å². The molecule has 0 bridgehead atoms. The summed E-state index contributed by atoms with van der Waals surface area (Å²) in [6, 6.07) is 10.9. The molecule has 0 saturated heterocycles. The lowest BCUT2D eigenvalue weighted by Crippen LogP contribution is -2.12. The van der Waals surface area contributed by atoms with Gasteiger partial charge in [-0.05, 0) is 77.9 Å². The van der Waals surface area contributed by atoms with Crippen LogP contribution in [0.5, 0.6) is 0 Å². The van der Waals surface area contributed by atoms with Gasteiger partial charge < -0.3 is 5.32 Å². The predicted octanol–water partition coefficient (Wildman–Crippen LogP) is 4.81. The minimum absolute atomic E-state index is 0.150. The van der Waals surface area contributed by atoms with Crippen LogP contribution in [0.3, 0.4) is 0 Å². The van der Waals surface area contributed by atoms with E-state index < -0.39 is 0 Å². The van der Waals surface area contributed by atoms with Crippen molar-refractivity contribution in [3.63, 3.8) is 0 Å². The van der Waals surface area contributed by atoms with E-state index in [1.807, 2.05) is 26.0 Å². The van der Waals surface area contributed by atoms with E-state index in [4.69, 9.17) is 11.6 Å². The highest BCUT2D eigenvalue weighted by Gasteiger charge is 2.08. The molecule has 0 aliphatic heterocycles. The molecule has 0 heterocycles. The van der Waals surface area contributed by atoms with Crippen LogP contribution >= 0.6 is 34.2 Å². The largest absolute Gasteiger partial charge is 0.322 e. The minimum Gasteiger partial charge on any atom is -0.322 e. The number of aryl methyl sites for hydroxylation is 2. The summed E-state index contributed by atoms with van der Waals surface area (Å²) < 4.78 is 1.22. The first-order valence-electron chi connectivity index (χ1n) is 5.81. The fraction of sp³-hybridized carbons (Fsp3) is 0.133. The summed E-state index contributed by atoms with van der Waals surface area (Å²) in [6.45, 7) is 4.06. The molecule has 2 rings (SSSR count). The van der Waals surface area contributed by atoms with E-state index in [1.54, 1.807) is 24.3 Å². The number of carbonyl (C=O) groups excluding carboxylic acids is 1. The lowest BCUT2D eigenvalue weighted by molar-refractivity contribution is 0.102. The third-order valence-corrected chi connectivity index (χ3v) is 4.72. The van der Waals surface area contributed by atoms with Crippen LogP contribution < -0.4 is 5.32 Å². The number of benzene rings is 2. The molecule has 0 aliphatic rings. The Morgan fingerprint density at radius 2 is 1.79 bits per heavy atom. The summed E-state index contributed by atoms with van der Waals surface area (Å²) in [5, 5.41) is 3.45. The van der Waals surface area contributed by atoms with Crippen molar-refractivity contribution in [2.24, 2.45) is 0 Å². The number of halogens is 2. The number of anilines is 1. The molecule has 0 radical (unpaired) electrons. The third-order valence-electron chi connectivity index (χ3n) is 2.78. The van der Waals surface area contributed by atoms with Crippen LogP contribution in [0.15, 0.2) is 36.4 Å². The summed E-state index contributed by atoms with van der Waals surface area (Å²) in [6.07, 6.45) is 0. The number of carbonyl (C=O) groups is 1. The van der Waals surface area contributed by atoms with E-state index in [0.717, 1.165) is 16.8 Å². The van der Waals surface area contributed by atoms with Crippen molar-refractivity contribution in [1.82, 2.24) is 0 Å². The van der Waals surface area contributed by atoms with E-state index in [9.17, 15) is 4.79 Å². The molecule has 1 amide bonds. The zero-order valence-corrected chi connectivity index (χ0v) is 13.5. The van der Waals surface area contributed by atoms with Crippen molar-refractivity contribution in [1.29, 1.82) is 0 Å². The number of amides is 1. The average Bonchev–Trinajstić information content (AvgIpc) is 2.36. The highest BCUT2D eigenvalue weighted by Crippen LogP contribution is 2.22. The SMILES string of the molecule is Cc1cc(NC(=O)c2cccc(Cl)c2)cc(C)c1I. The van der Waals surface area contributed by atoms with Crippen LogP contribution in [0.4, 0.5) is 5.69 Å². The first-order valence-corrected chi connectivity index (χ1v) is 7.26. The smallest absolute Gasteiger partial charge is 0.255 e. The van der Waals surface area contributed by atoms with Crippen molar-refractivity contribution in [2.75, 3.05) is 5.32 Å². The summed E-state index contributed by atoms with van der Waals surface area (Å²) in [5.74, 6) is -0.150. The molecular weight excluding hydrogens is 373 g/mol. The molecule has 98 valence electrons. The number of hydrogen-bond acceptors (Lipinski definition) is 1. The van der Waals surface area contributed by atoms with Gasteiger partial charge in [0.2, 0.25) is 0 Å². The zero-order valence-electron chi connectivity index (χ0n) is 10.6. The van der Waals surface area contributed by atoms with Gasteiger partial charge in [-0.1, -0.05) is 17.7 Å². The molecule has 4 heteroatoms. The maximum absolute atomic E-state index is 12.1. The second kappa shape index (κ2) is 5.92. The molecule has 2 aromatic carbocycles. The standard InChI is InChI=1S/C15H13ClINO/c1-9-6-13(7-10(2)14(9)17)18-15(19)11-4-3-5-12(16)8-11/h3-8H,1-2H3,(H,18,19). The molecule has 0 fully saturated rings. The zero-order chi connectivity index (χ0) is 14.0. The molecule has 0 saturated carbocycles. The molecule has 0 unspecified atom stereocenters. The van der Waals surface area contributed by atoms with Crippen LogP contribution in [-0.4, -0.2) is 5.91 Å². The second-order valence-electron chi connectivity index (χ2n) is 4.39. The molecule has 2 aromatic rings. The van der Waals surface area contributed by atoms with Crippen LogP contribution in [0.2, 0.25) is 5.02 Å². The molecule has 0 aromatic heterocycles. The fourth-order valence-electron chi connectivity index (χ4n) is 1.85. The molecule has 1 N–H and O–H groups in total. The van der Waals surface area contributed by atoms with Gasteiger partial charge in [0.05, 0.1) is 0 Å². The van der Waals surface area contributed by atoms with E-state index >= 15 is 0 Å². The van der Waals surface area contributed by atoms with Gasteiger partial charge in [-0.2, -0.15) is 0 Å². The quantitative estimate of drug-likeness (QED) is 0.738. The minimum atomic E-state index is -0.150. The molecule has 0 aliphatic carbocycles. The predicted molar refractivity (Wildman–Crippen MR) is 88.0 cm³/mol. The first kappa shape index (κ1) is 14.3. The Hall–Kier alpha value is -1.07. The van der Waals surface area contributed by atoms with E-state index in [2.05, 4.69) is 27.9 Å². The summed E-state index contributed by atoms with van der Waals surface area (Å²) in [7, 11) is 0. The number of nitrogens with one attached hydrogen (secondary N) is 1. The third kappa shape index (κ3) is 3.48. The van der Waals surface area contributed by atoms with Crippen molar-refractivity contribution in [3.05, 3.63) is 61.7 Å². The van der Waals surface area contributed by atoms with Gasteiger partial charge in [0.1, 0.15) is 0 Å². The summed E-state index contributed by atoms with van der Waals surface area (Å²) in [5.41, 5.74) is 3.67. The fourth-order valence-corrected chi connectivity index (χ4v) is 2.35. The van der Waals surface area contributed by atoms with E-state index in [0.29, 0.717) is 10.6 Å². The Morgan fingerprint density at radius 3 is 2.37 bits per heavy atom. The normalized spacial score (nSPS) is 10.3. The molecule has 19 heavy (non-hydrogen) atoms. The monoisotopic (exact) mass is 385 g/mol. The van der Waals surface area contributed by atoms with Crippen LogP contribution in [0.1, 0.15) is 21.5 Å². The summed E-state index contributed by atoms with van der Waals surface area (Å²) >= 11 is 8.19. The van der Waals surface area contributed by atoms with Crippen LogP contribution in [0, 0.1) is 17.4 Å². The Balaban J connectivity index is 2.24. The molecule has 0 spiro atoms. The highest BCUT2D eigenvalue weighted by molar-refractivity contribution is 14.1. The van der Waals surface area contributed by atoms with Crippen molar-refractivity contribution >= 4 is 45.8 Å². The lowest BCUT2D eigenvalue weighted by atomic mass is 10.1. The average molecular weight is 386 g/mol.